The summed E-state index contributed by atoms with van der Waals surface area (Å²) in [5.41, 5.74) is 0. The normalized spacial score (nSPS) is 13.9. The lowest BCUT2D eigenvalue weighted by Gasteiger charge is -2.14. The molecular formula is C10H21NO. The first-order chi connectivity index (χ1) is 5.85. The fourth-order valence-corrected chi connectivity index (χ4v) is 0.914. The van der Waals surface area contributed by atoms with Gasteiger partial charge < -0.3 is 10.1 Å². The van der Waals surface area contributed by atoms with E-state index < -0.39 is 0 Å². The third-order valence-electron chi connectivity index (χ3n) is 1.74. The molecule has 0 fully saturated rings. The minimum Gasteiger partial charge on any atom is -0.373 e. The van der Waals surface area contributed by atoms with E-state index in [4.69, 9.17) is 4.74 Å². The van der Waals surface area contributed by atoms with Crippen LogP contribution in [0.2, 0.25) is 0 Å². The van der Waals surface area contributed by atoms with Crippen LogP contribution >= 0.6 is 0 Å². The molecule has 0 aromatic rings. The number of ether oxygens (including phenoxy) is 1. The van der Waals surface area contributed by atoms with E-state index in [1.807, 2.05) is 19.1 Å². The Balaban J connectivity index is 3.39. The second-order valence-electron chi connectivity index (χ2n) is 2.74. The minimum absolute atomic E-state index is 0.362. The second kappa shape index (κ2) is 8.75. The standard InChI is InChI=1S/C10H21NO/c1-4-7-8-12-10(5-2)9-11-6-3/h4,7,10-11H,5-6,8-9H2,1-3H3. The molecule has 0 saturated carbocycles. The van der Waals surface area contributed by atoms with Gasteiger partial charge in [0.05, 0.1) is 12.7 Å². The zero-order valence-corrected chi connectivity index (χ0v) is 8.47. The highest BCUT2D eigenvalue weighted by Crippen LogP contribution is 1.96. The van der Waals surface area contributed by atoms with Gasteiger partial charge in [0.1, 0.15) is 0 Å². The molecule has 0 heterocycles. The third kappa shape index (κ3) is 6.38. The van der Waals surface area contributed by atoms with Crippen LogP contribution in [0.5, 0.6) is 0 Å². The van der Waals surface area contributed by atoms with Crippen molar-refractivity contribution in [1.29, 1.82) is 0 Å². The first-order valence-electron chi connectivity index (χ1n) is 4.78. The molecule has 0 aromatic heterocycles. The first kappa shape index (κ1) is 11.7. The smallest absolute Gasteiger partial charge is 0.0701 e. The van der Waals surface area contributed by atoms with E-state index in [1.54, 1.807) is 0 Å². The summed E-state index contributed by atoms with van der Waals surface area (Å²) < 4.78 is 5.58. The molecule has 2 nitrogen and oxygen atoms in total. The van der Waals surface area contributed by atoms with Crippen molar-refractivity contribution >= 4 is 0 Å². The van der Waals surface area contributed by atoms with Crippen LogP contribution in [0.1, 0.15) is 27.2 Å². The molecule has 0 aromatic carbocycles. The van der Waals surface area contributed by atoms with E-state index in [0.29, 0.717) is 6.10 Å². The van der Waals surface area contributed by atoms with Crippen LogP contribution in [0.25, 0.3) is 0 Å². The lowest BCUT2D eigenvalue weighted by molar-refractivity contribution is 0.0716. The number of nitrogens with one attached hydrogen (secondary N) is 1. The Labute approximate surface area is 76.0 Å². The molecule has 1 N–H and O–H groups in total. The molecule has 1 unspecified atom stereocenters. The molecule has 2 heteroatoms. The predicted molar refractivity (Wildman–Crippen MR) is 53.4 cm³/mol. The Bertz CT molecular complexity index is 112. The molecule has 0 saturated heterocycles. The van der Waals surface area contributed by atoms with Crippen LogP contribution in [0, 0.1) is 0 Å². The largest absolute Gasteiger partial charge is 0.373 e. The lowest BCUT2D eigenvalue weighted by atomic mass is 10.3. The maximum absolute atomic E-state index is 5.58. The monoisotopic (exact) mass is 171 g/mol. The summed E-state index contributed by atoms with van der Waals surface area (Å²) in [5.74, 6) is 0. The predicted octanol–water partition coefficient (Wildman–Crippen LogP) is 1.97. The fourth-order valence-electron chi connectivity index (χ4n) is 0.914. The summed E-state index contributed by atoms with van der Waals surface area (Å²) in [6.07, 6.45) is 5.49. The molecule has 72 valence electrons. The zero-order valence-electron chi connectivity index (χ0n) is 8.47. The van der Waals surface area contributed by atoms with Crippen LogP contribution in [-0.4, -0.2) is 25.8 Å². The van der Waals surface area contributed by atoms with Gasteiger partial charge >= 0.3 is 0 Å². The average molecular weight is 171 g/mol. The number of rotatable bonds is 7. The first-order valence-corrected chi connectivity index (χ1v) is 4.78. The Hall–Kier alpha value is -0.340. The van der Waals surface area contributed by atoms with Crippen molar-refractivity contribution < 1.29 is 4.74 Å². The number of allylic oxidation sites excluding steroid dienone is 1. The molecule has 0 amide bonds. The van der Waals surface area contributed by atoms with E-state index in [1.165, 1.54) is 0 Å². The lowest BCUT2D eigenvalue weighted by Crippen LogP contribution is -2.28. The summed E-state index contributed by atoms with van der Waals surface area (Å²) in [5, 5.41) is 3.28. The molecule has 12 heavy (non-hydrogen) atoms. The van der Waals surface area contributed by atoms with Gasteiger partial charge in [-0.25, -0.2) is 0 Å². The van der Waals surface area contributed by atoms with Gasteiger partial charge in [-0.05, 0) is 19.9 Å². The maximum atomic E-state index is 5.58. The molecular weight excluding hydrogens is 150 g/mol. The Morgan fingerprint density at radius 3 is 2.67 bits per heavy atom. The van der Waals surface area contributed by atoms with Crippen molar-refractivity contribution in [2.45, 2.75) is 33.3 Å². The van der Waals surface area contributed by atoms with Crippen molar-refractivity contribution in [3.05, 3.63) is 12.2 Å². The topological polar surface area (TPSA) is 21.3 Å². The molecule has 0 aliphatic heterocycles. The highest BCUT2D eigenvalue weighted by atomic mass is 16.5. The van der Waals surface area contributed by atoms with Crippen LogP contribution < -0.4 is 5.32 Å². The van der Waals surface area contributed by atoms with Crippen LogP contribution in [0.4, 0.5) is 0 Å². The quantitative estimate of drug-likeness (QED) is 0.591. The Morgan fingerprint density at radius 2 is 2.17 bits per heavy atom. The third-order valence-corrected chi connectivity index (χ3v) is 1.74. The summed E-state index contributed by atoms with van der Waals surface area (Å²) in [4.78, 5) is 0. The van der Waals surface area contributed by atoms with Crippen LogP contribution in [0.3, 0.4) is 0 Å². The maximum Gasteiger partial charge on any atom is 0.0701 e. The van der Waals surface area contributed by atoms with Gasteiger partial charge in [0, 0.05) is 6.54 Å². The highest BCUT2D eigenvalue weighted by molar-refractivity contribution is 4.76. The van der Waals surface area contributed by atoms with Gasteiger partial charge in [-0.2, -0.15) is 0 Å². The van der Waals surface area contributed by atoms with Gasteiger partial charge in [-0.3, -0.25) is 0 Å². The molecule has 0 aliphatic carbocycles. The highest BCUT2D eigenvalue weighted by Gasteiger charge is 2.02. The molecule has 0 spiro atoms. The van der Waals surface area contributed by atoms with Gasteiger partial charge in [-0.15, -0.1) is 0 Å². The van der Waals surface area contributed by atoms with Crippen LogP contribution in [-0.2, 0) is 4.74 Å². The van der Waals surface area contributed by atoms with Gasteiger partial charge in [-0.1, -0.05) is 26.0 Å². The molecule has 0 rings (SSSR count). The Morgan fingerprint density at radius 1 is 1.42 bits per heavy atom. The van der Waals surface area contributed by atoms with E-state index in [0.717, 1.165) is 26.1 Å². The summed E-state index contributed by atoms with van der Waals surface area (Å²) in [6, 6.07) is 0. The van der Waals surface area contributed by atoms with E-state index >= 15 is 0 Å². The van der Waals surface area contributed by atoms with Crippen molar-refractivity contribution in [2.75, 3.05) is 19.7 Å². The van der Waals surface area contributed by atoms with Crippen molar-refractivity contribution in [3.8, 4) is 0 Å². The summed E-state index contributed by atoms with van der Waals surface area (Å²) >= 11 is 0. The van der Waals surface area contributed by atoms with Gasteiger partial charge in [0.25, 0.3) is 0 Å². The van der Waals surface area contributed by atoms with E-state index in [-0.39, 0.29) is 0 Å². The van der Waals surface area contributed by atoms with Crippen LogP contribution in [0.15, 0.2) is 12.2 Å². The fraction of sp³-hybridized carbons (Fsp3) is 0.800. The van der Waals surface area contributed by atoms with E-state index in [2.05, 4.69) is 19.2 Å². The number of hydrogen-bond donors (Lipinski definition) is 1. The van der Waals surface area contributed by atoms with Gasteiger partial charge in [0.15, 0.2) is 0 Å². The summed E-state index contributed by atoms with van der Waals surface area (Å²) in [6.45, 7) is 8.99. The van der Waals surface area contributed by atoms with Crippen molar-refractivity contribution in [3.63, 3.8) is 0 Å². The van der Waals surface area contributed by atoms with Crippen molar-refractivity contribution in [1.82, 2.24) is 5.32 Å². The second-order valence-corrected chi connectivity index (χ2v) is 2.74. The number of hydrogen-bond acceptors (Lipinski definition) is 2. The Kier molecular flexibility index (Phi) is 8.51. The minimum atomic E-state index is 0.362. The average Bonchev–Trinajstić information content (AvgIpc) is 2.11. The van der Waals surface area contributed by atoms with E-state index in [9.17, 15) is 0 Å². The summed E-state index contributed by atoms with van der Waals surface area (Å²) in [7, 11) is 0. The SMILES string of the molecule is CC=CCOC(CC)CNCC. The van der Waals surface area contributed by atoms with Crippen molar-refractivity contribution in [2.24, 2.45) is 0 Å². The molecule has 0 aliphatic rings. The molecule has 0 bridgehead atoms. The van der Waals surface area contributed by atoms with Gasteiger partial charge in [0.2, 0.25) is 0 Å². The molecule has 0 radical (unpaired) electrons. The molecule has 1 atom stereocenters. The number of likely N-dealkylation sites (N-methyl/N-ethyl adjacent to an activating group) is 1. The zero-order chi connectivity index (χ0) is 9.23.